The molecule has 1 fully saturated rings. The molecule has 7 nitrogen and oxygen atoms in total. The van der Waals surface area contributed by atoms with Crippen molar-refractivity contribution in [2.45, 2.75) is 38.8 Å². The molecule has 2 rings (SSSR count). The minimum absolute atomic E-state index is 0.0106. The van der Waals surface area contributed by atoms with Crippen molar-refractivity contribution in [3.05, 3.63) is 29.8 Å². The average Bonchev–Trinajstić information content (AvgIpc) is 2.82. The predicted molar refractivity (Wildman–Crippen MR) is 97.4 cm³/mol. The van der Waals surface area contributed by atoms with Gasteiger partial charge in [0.15, 0.2) is 9.84 Å². The Kier molecular flexibility index (Phi) is 5.72. The van der Waals surface area contributed by atoms with Crippen molar-refractivity contribution >= 4 is 27.3 Å². The van der Waals surface area contributed by atoms with Crippen LogP contribution in [-0.4, -0.2) is 49.9 Å². The van der Waals surface area contributed by atoms with Crippen LogP contribution < -0.4 is 16.0 Å². The third-order valence-corrected chi connectivity index (χ3v) is 5.47. The van der Waals surface area contributed by atoms with E-state index in [2.05, 4.69) is 16.0 Å². The number of hydrogen-bond donors (Lipinski definition) is 3. The summed E-state index contributed by atoms with van der Waals surface area (Å²) in [6, 6.07) is 6.61. The highest BCUT2D eigenvalue weighted by Crippen LogP contribution is 2.16. The Morgan fingerprint density at radius 2 is 1.88 bits per heavy atom. The normalized spacial score (nSPS) is 19.2. The molecule has 0 aliphatic carbocycles. The second-order valence-corrected chi connectivity index (χ2v) is 9.50. The molecule has 0 radical (unpaired) electrons. The fraction of sp³-hybridized carbons (Fsp3) is 0.529. The lowest BCUT2D eigenvalue weighted by Gasteiger charge is -2.21. The maximum absolute atomic E-state index is 12.4. The Morgan fingerprint density at radius 1 is 1.20 bits per heavy atom. The Morgan fingerprint density at radius 3 is 2.48 bits per heavy atom. The molecule has 1 aromatic carbocycles. The van der Waals surface area contributed by atoms with E-state index in [-0.39, 0.29) is 41.4 Å². The van der Waals surface area contributed by atoms with Gasteiger partial charge in [-0.25, -0.2) is 8.42 Å². The molecule has 138 valence electrons. The van der Waals surface area contributed by atoms with Crippen LogP contribution >= 0.6 is 0 Å². The highest BCUT2D eigenvalue weighted by molar-refractivity contribution is 7.91. The number of para-hydroxylation sites is 1. The number of amides is 2. The maximum Gasteiger partial charge on any atom is 0.253 e. The van der Waals surface area contributed by atoms with Crippen LogP contribution in [0.4, 0.5) is 5.69 Å². The molecule has 25 heavy (non-hydrogen) atoms. The number of rotatable bonds is 5. The van der Waals surface area contributed by atoms with E-state index in [0.717, 1.165) is 0 Å². The van der Waals surface area contributed by atoms with Crippen molar-refractivity contribution in [2.75, 3.05) is 23.4 Å². The van der Waals surface area contributed by atoms with Crippen LogP contribution in [-0.2, 0) is 14.6 Å². The zero-order valence-electron chi connectivity index (χ0n) is 14.8. The summed E-state index contributed by atoms with van der Waals surface area (Å²) in [6.45, 7) is 5.65. The van der Waals surface area contributed by atoms with Gasteiger partial charge in [-0.15, -0.1) is 0 Å². The zero-order valence-corrected chi connectivity index (χ0v) is 15.6. The van der Waals surface area contributed by atoms with Crippen molar-refractivity contribution in [1.82, 2.24) is 10.6 Å². The second kappa shape index (κ2) is 7.43. The molecule has 1 aliphatic heterocycles. The van der Waals surface area contributed by atoms with Crippen molar-refractivity contribution in [1.29, 1.82) is 0 Å². The lowest BCUT2D eigenvalue weighted by Crippen LogP contribution is -2.41. The summed E-state index contributed by atoms with van der Waals surface area (Å²) in [7, 11) is -3.03. The number of carbonyl (C=O) groups is 2. The molecule has 0 spiro atoms. The molecule has 3 N–H and O–H groups in total. The minimum Gasteiger partial charge on any atom is -0.376 e. The molecular formula is C17H25N3O4S. The number of anilines is 1. The summed E-state index contributed by atoms with van der Waals surface area (Å²) >= 11 is 0. The summed E-state index contributed by atoms with van der Waals surface area (Å²) in [5.41, 5.74) is 0.641. The van der Waals surface area contributed by atoms with Gasteiger partial charge in [0, 0.05) is 17.3 Å². The van der Waals surface area contributed by atoms with E-state index in [1.807, 2.05) is 20.8 Å². The van der Waals surface area contributed by atoms with Crippen LogP contribution in [0, 0.1) is 0 Å². The molecule has 1 atom stereocenters. The zero-order chi connectivity index (χ0) is 18.7. The smallest absolute Gasteiger partial charge is 0.253 e. The van der Waals surface area contributed by atoms with E-state index in [1.54, 1.807) is 24.3 Å². The van der Waals surface area contributed by atoms with Crippen LogP contribution in [0.25, 0.3) is 0 Å². The standard InChI is InChI=1S/C17H25N3O4S/c1-17(2,3)20-16(22)13-6-4-5-7-14(13)18-10-15(21)19-12-8-9-25(23,24)11-12/h4-7,12,18H,8-11H2,1-3H3,(H,19,21)(H,20,22)/t12-/m1/s1. The van der Waals surface area contributed by atoms with Gasteiger partial charge in [-0.05, 0) is 39.3 Å². The number of nitrogens with one attached hydrogen (secondary N) is 3. The van der Waals surface area contributed by atoms with E-state index in [0.29, 0.717) is 17.7 Å². The molecule has 0 bridgehead atoms. The molecule has 1 heterocycles. The second-order valence-electron chi connectivity index (χ2n) is 7.27. The van der Waals surface area contributed by atoms with Crippen LogP contribution in [0.15, 0.2) is 24.3 Å². The fourth-order valence-corrected chi connectivity index (χ4v) is 4.28. The van der Waals surface area contributed by atoms with E-state index < -0.39 is 9.84 Å². The summed E-state index contributed by atoms with van der Waals surface area (Å²) < 4.78 is 22.8. The lowest BCUT2D eigenvalue weighted by atomic mass is 10.1. The monoisotopic (exact) mass is 367 g/mol. The van der Waals surface area contributed by atoms with Gasteiger partial charge < -0.3 is 16.0 Å². The van der Waals surface area contributed by atoms with Gasteiger partial charge >= 0.3 is 0 Å². The first kappa shape index (κ1) is 19.2. The first-order valence-electron chi connectivity index (χ1n) is 8.21. The van der Waals surface area contributed by atoms with Gasteiger partial charge in [0.1, 0.15) is 0 Å². The maximum atomic E-state index is 12.4. The molecular weight excluding hydrogens is 342 g/mol. The Bertz CT molecular complexity index is 753. The molecule has 0 unspecified atom stereocenters. The summed E-state index contributed by atoms with van der Waals surface area (Å²) in [4.78, 5) is 24.4. The molecule has 1 aromatic rings. The fourth-order valence-electron chi connectivity index (χ4n) is 2.61. The van der Waals surface area contributed by atoms with E-state index in [4.69, 9.17) is 0 Å². The van der Waals surface area contributed by atoms with Gasteiger partial charge in [0.25, 0.3) is 5.91 Å². The summed E-state index contributed by atoms with van der Waals surface area (Å²) in [5.74, 6) is -0.421. The van der Waals surface area contributed by atoms with Crippen molar-refractivity contribution in [2.24, 2.45) is 0 Å². The molecule has 1 saturated heterocycles. The number of carbonyl (C=O) groups excluding carboxylic acids is 2. The van der Waals surface area contributed by atoms with Crippen LogP contribution in [0.3, 0.4) is 0 Å². The largest absolute Gasteiger partial charge is 0.376 e. The number of benzene rings is 1. The molecule has 1 aliphatic rings. The third-order valence-electron chi connectivity index (χ3n) is 3.70. The predicted octanol–water partition coefficient (Wildman–Crippen LogP) is 0.930. The van der Waals surface area contributed by atoms with Crippen molar-refractivity contribution < 1.29 is 18.0 Å². The first-order valence-corrected chi connectivity index (χ1v) is 10.0. The van der Waals surface area contributed by atoms with Gasteiger partial charge in [0.05, 0.1) is 23.6 Å². The SMILES string of the molecule is CC(C)(C)NC(=O)c1ccccc1NCC(=O)N[C@@H]1CCS(=O)(=O)C1. The lowest BCUT2D eigenvalue weighted by molar-refractivity contribution is -0.119. The first-order chi connectivity index (χ1) is 11.6. The highest BCUT2D eigenvalue weighted by Gasteiger charge is 2.28. The van der Waals surface area contributed by atoms with Gasteiger partial charge in [-0.3, -0.25) is 9.59 Å². The highest BCUT2D eigenvalue weighted by atomic mass is 32.2. The Balaban J connectivity index is 1.94. The number of hydrogen-bond acceptors (Lipinski definition) is 5. The Labute approximate surface area is 148 Å². The quantitative estimate of drug-likeness (QED) is 0.718. The number of sulfone groups is 1. The molecule has 8 heteroatoms. The average molecular weight is 367 g/mol. The molecule has 0 saturated carbocycles. The van der Waals surface area contributed by atoms with Gasteiger partial charge in [-0.2, -0.15) is 0 Å². The molecule has 0 aromatic heterocycles. The van der Waals surface area contributed by atoms with Crippen LogP contribution in [0.5, 0.6) is 0 Å². The van der Waals surface area contributed by atoms with E-state index in [1.165, 1.54) is 0 Å². The van der Waals surface area contributed by atoms with Gasteiger partial charge in [-0.1, -0.05) is 12.1 Å². The Hall–Kier alpha value is -2.09. The van der Waals surface area contributed by atoms with E-state index in [9.17, 15) is 18.0 Å². The van der Waals surface area contributed by atoms with Crippen LogP contribution in [0.2, 0.25) is 0 Å². The van der Waals surface area contributed by atoms with Crippen molar-refractivity contribution in [3.8, 4) is 0 Å². The summed E-state index contributed by atoms with van der Waals surface area (Å²) in [6.07, 6.45) is 0.443. The topological polar surface area (TPSA) is 104 Å². The molecule has 2 amide bonds. The van der Waals surface area contributed by atoms with Crippen molar-refractivity contribution in [3.63, 3.8) is 0 Å². The third kappa shape index (κ3) is 6.04. The minimum atomic E-state index is -3.03. The van der Waals surface area contributed by atoms with Crippen LogP contribution in [0.1, 0.15) is 37.6 Å². The van der Waals surface area contributed by atoms with Gasteiger partial charge in [0.2, 0.25) is 5.91 Å². The summed E-state index contributed by atoms with van der Waals surface area (Å²) in [5, 5.41) is 8.55. The van der Waals surface area contributed by atoms with E-state index >= 15 is 0 Å².